The highest BCUT2D eigenvalue weighted by molar-refractivity contribution is 6.31. The second-order valence-corrected chi connectivity index (χ2v) is 13.4. The van der Waals surface area contributed by atoms with Crippen LogP contribution in [0.3, 0.4) is 0 Å². The van der Waals surface area contributed by atoms with Crippen molar-refractivity contribution in [3.63, 3.8) is 0 Å². The van der Waals surface area contributed by atoms with Crippen molar-refractivity contribution in [1.82, 2.24) is 20.4 Å². The molecule has 0 unspecified atom stereocenters. The van der Waals surface area contributed by atoms with Crippen molar-refractivity contribution in [2.45, 2.75) is 71.6 Å². The van der Waals surface area contributed by atoms with Gasteiger partial charge in [0.25, 0.3) is 5.91 Å². The van der Waals surface area contributed by atoms with Gasteiger partial charge in [0.05, 0.1) is 16.7 Å². The molecule has 0 bridgehead atoms. The minimum absolute atomic E-state index is 0.130. The van der Waals surface area contributed by atoms with Gasteiger partial charge in [-0.15, -0.1) is 10.2 Å². The molecule has 2 saturated heterocycles. The van der Waals surface area contributed by atoms with E-state index in [0.717, 1.165) is 64.2 Å². The van der Waals surface area contributed by atoms with Gasteiger partial charge in [-0.3, -0.25) is 4.79 Å². The van der Waals surface area contributed by atoms with Gasteiger partial charge in [0.2, 0.25) is 0 Å². The fourth-order valence-electron chi connectivity index (χ4n) is 7.23. The predicted molar refractivity (Wildman–Crippen MR) is 158 cm³/mol. The van der Waals surface area contributed by atoms with Crippen LogP contribution in [0.4, 0.5) is 5.82 Å². The zero-order valence-corrected chi connectivity index (χ0v) is 25.2. The number of aliphatic hydroxyl groups is 1. The number of amides is 1. The molecule has 5 rings (SSSR count). The average molecular weight is 581 g/mol. The van der Waals surface area contributed by atoms with Crippen molar-refractivity contribution >= 4 is 23.3 Å². The number of rotatable bonds is 7. The number of benzene rings is 1. The van der Waals surface area contributed by atoms with E-state index in [1.54, 1.807) is 24.3 Å². The summed E-state index contributed by atoms with van der Waals surface area (Å²) in [5, 5.41) is 31.1. The summed E-state index contributed by atoms with van der Waals surface area (Å²) >= 11 is 6.20. The van der Waals surface area contributed by atoms with Crippen LogP contribution in [0.25, 0.3) is 0 Å². The predicted octanol–water partition coefficient (Wildman–Crippen LogP) is 4.29. The van der Waals surface area contributed by atoms with Crippen LogP contribution in [0.15, 0.2) is 30.3 Å². The molecule has 2 aromatic rings. The van der Waals surface area contributed by atoms with E-state index in [1.807, 2.05) is 6.07 Å². The summed E-state index contributed by atoms with van der Waals surface area (Å²) in [6.45, 7) is 13.2. The molecule has 1 aromatic carbocycles. The van der Waals surface area contributed by atoms with E-state index in [4.69, 9.17) is 21.6 Å². The minimum Gasteiger partial charge on any atom is -0.489 e. The lowest BCUT2D eigenvalue weighted by Crippen LogP contribution is -2.74. The van der Waals surface area contributed by atoms with Crippen molar-refractivity contribution < 1.29 is 14.6 Å². The minimum atomic E-state index is -0.356. The molecule has 41 heavy (non-hydrogen) atoms. The fraction of sp³-hybridized carbons (Fsp3) is 0.613. The quantitative estimate of drug-likeness (QED) is 0.498. The molecular formula is C31H41ClN6O3. The Morgan fingerprint density at radius 1 is 1.07 bits per heavy atom. The number of aliphatic hydroxyl groups excluding tert-OH is 1. The van der Waals surface area contributed by atoms with Gasteiger partial charge in [0, 0.05) is 55.7 Å². The largest absolute Gasteiger partial charge is 0.489 e. The molecule has 3 fully saturated rings. The SMILES string of the molecule is CC1(C)C(NC(=O)c2ccc(N3CCC(CN4CCC(O)CC4)CC3)nn2)C(C)(C)C1Oc1ccc(C#N)c(Cl)c1. The van der Waals surface area contributed by atoms with Gasteiger partial charge in [-0.25, -0.2) is 0 Å². The van der Waals surface area contributed by atoms with Crippen molar-refractivity contribution in [1.29, 1.82) is 5.26 Å². The van der Waals surface area contributed by atoms with E-state index in [2.05, 4.69) is 59.1 Å². The molecule has 3 heterocycles. The first-order valence-electron chi connectivity index (χ1n) is 14.7. The normalized spacial score (nSPS) is 24.8. The third-order valence-corrected chi connectivity index (χ3v) is 9.64. The molecule has 10 heteroatoms. The molecule has 2 aliphatic heterocycles. The fourth-order valence-corrected chi connectivity index (χ4v) is 7.44. The van der Waals surface area contributed by atoms with Gasteiger partial charge in [0.1, 0.15) is 17.9 Å². The summed E-state index contributed by atoms with van der Waals surface area (Å²) in [7, 11) is 0. The monoisotopic (exact) mass is 580 g/mol. The Morgan fingerprint density at radius 2 is 1.76 bits per heavy atom. The molecule has 2 N–H and O–H groups in total. The summed E-state index contributed by atoms with van der Waals surface area (Å²) in [5.41, 5.74) is -0.00928. The zero-order valence-electron chi connectivity index (χ0n) is 24.4. The lowest BCUT2D eigenvalue weighted by Gasteiger charge is -2.63. The van der Waals surface area contributed by atoms with Crippen molar-refractivity contribution in [3.8, 4) is 11.8 Å². The van der Waals surface area contributed by atoms with E-state index < -0.39 is 0 Å². The lowest BCUT2D eigenvalue weighted by molar-refractivity contribution is -0.164. The van der Waals surface area contributed by atoms with Crippen molar-refractivity contribution in [2.75, 3.05) is 37.6 Å². The highest BCUT2D eigenvalue weighted by Gasteiger charge is 2.64. The smallest absolute Gasteiger partial charge is 0.272 e. The summed E-state index contributed by atoms with van der Waals surface area (Å²) < 4.78 is 6.32. The first kappa shape index (κ1) is 29.6. The van der Waals surface area contributed by atoms with E-state index in [1.165, 1.54) is 0 Å². The van der Waals surface area contributed by atoms with E-state index in [0.29, 0.717) is 27.9 Å². The first-order valence-corrected chi connectivity index (χ1v) is 15.0. The molecule has 1 saturated carbocycles. The maximum Gasteiger partial charge on any atom is 0.272 e. The highest BCUT2D eigenvalue weighted by atomic mass is 35.5. The third-order valence-electron chi connectivity index (χ3n) is 9.33. The lowest BCUT2D eigenvalue weighted by atomic mass is 9.49. The van der Waals surface area contributed by atoms with E-state index in [-0.39, 0.29) is 35.0 Å². The number of hydrogen-bond acceptors (Lipinski definition) is 8. The summed E-state index contributed by atoms with van der Waals surface area (Å²) in [6.07, 6.45) is 3.66. The second-order valence-electron chi connectivity index (χ2n) is 13.0. The van der Waals surface area contributed by atoms with Crippen LogP contribution in [0, 0.1) is 28.1 Å². The highest BCUT2D eigenvalue weighted by Crippen LogP contribution is 2.55. The Hall–Kier alpha value is -2.93. The number of carbonyl (C=O) groups is 1. The number of nitrogens with one attached hydrogen (secondary N) is 1. The number of piperidine rings is 2. The Balaban J connectivity index is 1.14. The van der Waals surface area contributed by atoms with Gasteiger partial charge in [-0.1, -0.05) is 39.3 Å². The van der Waals surface area contributed by atoms with Crippen LogP contribution in [0.2, 0.25) is 5.02 Å². The van der Waals surface area contributed by atoms with Crippen LogP contribution in [-0.2, 0) is 0 Å². The topological polar surface area (TPSA) is 115 Å². The summed E-state index contributed by atoms with van der Waals surface area (Å²) in [6, 6.07) is 10.6. The van der Waals surface area contributed by atoms with Crippen LogP contribution in [0.1, 0.15) is 69.4 Å². The van der Waals surface area contributed by atoms with Gasteiger partial charge in [-0.2, -0.15) is 5.26 Å². The summed E-state index contributed by atoms with van der Waals surface area (Å²) in [5.74, 6) is 1.82. The van der Waals surface area contributed by atoms with Gasteiger partial charge < -0.3 is 25.0 Å². The Kier molecular flexibility index (Phi) is 8.47. The van der Waals surface area contributed by atoms with Gasteiger partial charge in [-0.05, 0) is 55.9 Å². The van der Waals surface area contributed by atoms with Crippen LogP contribution < -0.4 is 15.0 Å². The van der Waals surface area contributed by atoms with Crippen LogP contribution >= 0.6 is 11.6 Å². The molecule has 1 aliphatic carbocycles. The molecule has 0 radical (unpaired) electrons. The molecule has 9 nitrogen and oxygen atoms in total. The number of hydrogen-bond donors (Lipinski definition) is 2. The van der Waals surface area contributed by atoms with Gasteiger partial charge >= 0.3 is 0 Å². The van der Waals surface area contributed by atoms with Crippen molar-refractivity contribution in [3.05, 3.63) is 46.6 Å². The van der Waals surface area contributed by atoms with Crippen LogP contribution in [-0.4, -0.2) is 77.1 Å². The molecule has 0 spiro atoms. The zero-order chi connectivity index (χ0) is 29.4. The van der Waals surface area contributed by atoms with E-state index >= 15 is 0 Å². The number of anilines is 1. The molecule has 1 aromatic heterocycles. The maximum absolute atomic E-state index is 13.2. The first-order chi connectivity index (χ1) is 19.5. The molecule has 220 valence electrons. The Labute approximate surface area is 247 Å². The standard InChI is InChI=1S/C31H41ClN6O3/c1-30(2)28(31(3,4)29(30)41-23-6-5-21(18-33)24(32)17-23)34-27(40)25-7-8-26(36-35-25)38-15-9-20(10-16-38)19-37-13-11-22(39)12-14-37/h5-8,17,20,22,28-29,39H,9-16,19H2,1-4H3,(H,34,40). The van der Waals surface area contributed by atoms with Crippen molar-refractivity contribution in [2.24, 2.45) is 16.7 Å². The third kappa shape index (κ3) is 6.15. The molecule has 0 atom stereocenters. The molecule has 3 aliphatic rings. The van der Waals surface area contributed by atoms with E-state index in [9.17, 15) is 9.90 Å². The average Bonchev–Trinajstić information content (AvgIpc) is 2.96. The number of ether oxygens (including phenoxy) is 1. The number of likely N-dealkylation sites (tertiary alicyclic amines) is 1. The number of aromatic nitrogens is 2. The number of carbonyl (C=O) groups excluding carboxylic acids is 1. The Bertz CT molecular complexity index is 1260. The number of halogens is 1. The molecule has 1 amide bonds. The number of nitriles is 1. The van der Waals surface area contributed by atoms with Crippen LogP contribution in [0.5, 0.6) is 5.75 Å². The van der Waals surface area contributed by atoms with Gasteiger partial charge in [0.15, 0.2) is 11.5 Å². The number of nitrogens with zero attached hydrogens (tertiary/aromatic N) is 5. The second kappa shape index (κ2) is 11.7. The summed E-state index contributed by atoms with van der Waals surface area (Å²) in [4.78, 5) is 17.9. The Morgan fingerprint density at radius 3 is 2.34 bits per heavy atom. The molecular weight excluding hydrogens is 540 g/mol. The maximum atomic E-state index is 13.2.